The van der Waals surface area contributed by atoms with E-state index < -0.39 is 12.3 Å². The van der Waals surface area contributed by atoms with Crippen LogP contribution in [0.5, 0.6) is 0 Å². The van der Waals surface area contributed by atoms with Crippen molar-refractivity contribution in [3.63, 3.8) is 0 Å². The van der Waals surface area contributed by atoms with Crippen LogP contribution in [0.1, 0.15) is 103 Å². The zero-order valence-corrected chi connectivity index (χ0v) is 17.6. The first-order valence-electron chi connectivity index (χ1n) is 12.4. The number of hydrogen-bond acceptors (Lipinski definition) is 0. The quantitative estimate of drug-likeness (QED) is 0.465. The van der Waals surface area contributed by atoms with Crippen LogP contribution in [0, 0.1) is 41.4 Å². The largest absolute Gasteiger partial charge is 0.244 e. The molecule has 0 aromatic rings. The molecule has 2 heteroatoms. The molecule has 7 atom stereocenters. The molecule has 4 aliphatic rings. The van der Waals surface area contributed by atoms with Gasteiger partial charge in [-0.05, 0) is 112 Å². The van der Waals surface area contributed by atoms with Gasteiger partial charge in [-0.3, -0.25) is 0 Å². The summed E-state index contributed by atoms with van der Waals surface area (Å²) in [7, 11) is 0. The van der Waals surface area contributed by atoms with E-state index in [1.165, 1.54) is 77.0 Å². The van der Waals surface area contributed by atoms with Gasteiger partial charge < -0.3 is 0 Å². The van der Waals surface area contributed by atoms with Gasteiger partial charge in [0.1, 0.15) is 12.3 Å². The van der Waals surface area contributed by atoms with E-state index in [2.05, 4.69) is 6.92 Å². The van der Waals surface area contributed by atoms with E-state index >= 15 is 0 Å². The van der Waals surface area contributed by atoms with Gasteiger partial charge in [-0.25, -0.2) is 8.78 Å². The highest BCUT2D eigenvalue weighted by atomic mass is 19.2. The second-order valence-electron chi connectivity index (χ2n) is 10.8. The minimum Gasteiger partial charge on any atom is -0.244 e. The summed E-state index contributed by atoms with van der Waals surface area (Å²) in [6, 6.07) is 0. The Morgan fingerprint density at radius 3 is 1.48 bits per heavy atom. The van der Waals surface area contributed by atoms with Crippen LogP contribution in [0.25, 0.3) is 0 Å². The van der Waals surface area contributed by atoms with Crippen LogP contribution in [0.4, 0.5) is 8.78 Å². The predicted octanol–water partition coefficient (Wildman–Crippen LogP) is 7.90. The van der Waals surface area contributed by atoms with Gasteiger partial charge in [-0.1, -0.05) is 32.6 Å². The van der Waals surface area contributed by atoms with E-state index in [9.17, 15) is 8.78 Å². The summed E-state index contributed by atoms with van der Waals surface area (Å²) in [5.41, 5.74) is 0. The van der Waals surface area contributed by atoms with E-state index in [1.54, 1.807) is 0 Å². The molecule has 0 saturated heterocycles. The lowest BCUT2D eigenvalue weighted by Gasteiger charge is -2.47. The van der Waals surface area contributed by atoms with Gasteiger partial charge in [-0.2, -0.15) is 0 Å². The number of hydrogen-bond donors (Lipinski definition) is 0. The molecule has 4 aliphatic carbocycles. The van der Waals surface area contributed by atoms with Gasteiger partial charge in [0.25, 0.3) is 0 Å². The molecule has 4 saturated carbocycles. The summed E-state index contributed by atoms with van der Waals surface area (Å²) in [6.45, 7) is 2.33. The summed E-state index contributed by atoms with van der Waals surface area (Å²) in [5, 5.41) is 0. The van der Waals surface area contributed by atoms with Crippen molar-refractivity contribution in [3.8, 4) is 0 Å². The molecule has 0 amide bonds. The highest BCUT2D eigenvalue weighted by molar-refractivity contribution is 4.92. The van der Waals surface area contributed by atoms with Gasteiger partial charge in [0.15, 0.2) is 0 Å². The van der Waals surface area contributed by atoms with Gasteiger partial charge in [-0.15, -0.1) is 0 Å². The van der Waals surface area contributed by atoms with Gasteiger partial charge >= 0.3 is 0 Å². The molecular formula is C25H42F2. The fourth-order valence-electron chi connectivity index (χ4n) is 7.71. The van der Waals surface area contributed by atoms with Crippen molar-refractivity contribution in [1.82, 2.24) is 0 Å². The summed E-state index contributed by atoms with van der Waals surface area (Å²) in [6.07, 6.45) is 16.7. The van der Waals surface area contributed by atoms with Crippen LogP contribution in [-0.2, 0) is 0 Å². The molecule has 156 valence electrons. The molecule has 0 N–H and O–H groups in total. The van der Waals surface area contributed by atoms with E-state index in [1.807, 2.05) is 0 Å². The van der Waals surface area contributed by atoms with E-state index in [0.29, 0.717) is 24.7 Å². The number of rotatable bonds is 4. The maximum absolute atomic E-state index is 13.9. The summed E-state index contributed by atoms with van der Waals surface area (Å²) < 4.78 is 27.4. The summed E-state index contributed by atoms with van der Waals surface area (Å²) >= 11 is 0. The van der Waals surface area contributed by atoms with Crippen LogP contribution >= 0.6 is 0 Å². The molecule has 0 aliphatic heterocycles. The molecule has 4 rings (SSSR count). The van der Waals surface area contributed by atoms with Crippen LogP contribution in [0.2, 0.25) is 0 Å². The smallest absolute Gasteiger partial charge is 0.131 e. The third-order valence-corrected chi connectivity index (χ3v) is 9.35. The number of fused-ring (bicyclic) bond motifs is 1. The van der Waals surface area contributed by atoms with Crippen molar-refractivity contribution >= 4 is 0 Å². The molecule has 0 spiro atoms. The second-order valence-corrected chi connectivity index (χ2v) is 10.8. The van der Waals surface area contributed by atoms with Crippen molar-refractivity contribution in [3.05, 3.63) is 0 Å². The SMILES string of the molecule is CCCC1CCC(C2CCC3CC(C4CCC(F)C(F)C4)CCC3C2)CC1. The molecule has 0 aromatic heterocycles. The number of halogens is 2. The monoisotopic (exact) mass is 380 g/mol. The molecule has 0 aromatic carbocycles. The molecule has 4 fully saturated rings. The Morgan fingerprint density at radius 1 is 0.519 bits per heavy atom. The average molecular weight is 381 g/mol. The fourth-order valence-corrected chi connectivity index (χ4v) is 7.71. The maximum Gasteiger partial charge on any atom is 0.131 e. The minimum atomic E-state index is -1.18. The molecule has 27 heavy (non-hydrogen) atoms. The van der Waals surface area contributed by atoms with Crippen LogP contribution in [0.15, 0.2) is 0 Å². The van der Waals surface area contributed by atoms with Crippen molar-refractivity contribution in [1.29, 1.82) is 0 Å². The van der Waals surface area contributed by atoms with E-state index in [4.69, 9.17) is 0 Å². The highest BCUT2D eigenvalue weighted by Gasteiger charge is 2.42. The Morgan fingerprint density at radius 2 is 0.963 bits per heavy atom. The molecule has 7 unspecified atom stereocenters. The van der Waals surface area contributed by atoms with Crippen molar-refractivity contribution in [2.24, 2.45) is 41.4 Å². The second kappa shape index (κ2) is 9.12. The first-order valence-corrected chi connectivity index (χ1v) is 12.4. The Balaban J connectivity index is 1.25. The fraction of sp³-hybridized carbons (Fsp3) is 1.00. The third kappa shape index (κ3) is 4.72. The van der Waals surface area contributed by atoms with E-state index in [-0.39, 0.29) is 0 Å². The standard InChI is InChI=1S/C25H42F2/c1-2-3-17-4-6-18(7-5-17)19-8-9-21-15-22(11-10-20(21)14-19)23-12-13-24(26)25(27)16-23/h17-25H,2-16H2,1H3. The zero-order valence-electron chi connectivity index (χ0n) is 17.6. The Bertz CT molecular complexity index is 455. The third-order valence-electron chi connectivity index (χ3n) is 9.35. The van der Waals surface area contributed by atoms with Gasteiger partial charge in [0.05, 0.1) is 0 Å². The summed E-state index contributed by atoms with van der Waals surface area (Å²) in [4.78, 5) is 0. The minimum absolute atomic E-state index is 0.471. The highest BCUT2D eigenvalue weighted by Crippen LogP contribution is 2.51. The number of alkyl halides is 2. The van der Waals surface area contributed by atoms with Crippen LogP contribution in [0.3, 0.4) is 0 Å². The predicted molar refractivity (Wildman–Crippen MR) is 109 cm³/mol. The van der Waals surface area contributed by atoms with Crippen molar-refractivity contribution < 1.29 is 8.78 Å². The summed E-state index contributed by atoms with van der Waals surface area (Å²) in [5.74, 6) is 6.06. The lowest BCUT2D eigenvalue weighted by atomic mass is 9.59. The molecule has 0 bridgehead atoms. The first-order chi connectivity index (χ1) is 13.1. The van der Waals surface area contributed by atoms with Gasteiger partial charge in [0, 0.05) is 0 Å². The van der Waals surface area contributed by atoms with Crippen molar-refractivity contribution in [2.75, 3.05) is 0 Å². The molecule has 0 heterocycles. The van der Waals surface area contributed by atoms with Crippen LogP contribution in [-0.4, -0.2) is 12.3 Å². The van der Waals surface area contributed by atoms with Crippen molar-refractivity contribution in [2.45, 2.75) is 116 Å². The maximum atomic E-state index is 13.9. The first kappa shape index (κ1) is 20.1. The van der Waals surface area contributed by atoms with Gasteiger partial charge in [0.2, 0.25) is 0 Å². The topological polar surface area (TPSA) is 0 Å². The Kier molecular flexibility index (Phi) is 6.81. The van der Waals surface area contributed by atoms with E-state index in [0.717, 1.165) is 36.0 Å². The molecular weight excluding hydrogens is 338 g/mol. The Labute approximate surface area is 166 Å². The lowest BCUT2D eigenvalue weighted by Crippen LogP contribution is -2.38. The molecule has 0 nitrogen and oxygen atoms in total. The molecule has 0 radical (unpaired) electrons. The zero-order chi connectivity index (χ0) is 18.8. The normalized spacial score (nSPS) is 48.8. The lowest BCUT2D eigenvalue weighted by molar-refractivity contribution is 0.0164. The average Bonchev–Trinajstić information content (AvgIpc) is 2.70. The Hall–Kier alpha value is -0.140. The van der Waals surface area contributed by atoms with Crippen LogP contribution < -0.4 is 0 Å².